The normalized spacial score (nSPS) is 10.6. The van der Waals surface area contributed by atoms with Crippen molar-refractivity contribution in [2.75, 3.05) is 0 Å². The van der Waals surface area contributed by atoms with E-state index < -0.39 is 5.82 Å². The fraction of sp³-hybridized carbons (Fsp3) is 0.250. The number of halogens is 2. The van der Waals surface area contributed by atoms with Crippen LogP contribution in [0, 0.1) is 12.7 Å². The first-order valence-electron chi connectivity index (χ1n) is 6.77. The van der Waals surface area contributed by atoms with Gasteiger partial charge in [0.05, 0.1) is 5.02 Å². The second kappa shape index (κ2) is 6.75. The third-order valence-electron chi connectivity index (χ3n) is 2.75. The SMILES string of the molecule is Cc1cnc(Oc2ccc(F)cc2Cl)c(C(=O)NC(C)C)c1. The molecule has 1 N–H and O–H groups in total. The summed E-state index contributed by atoms with van der Waals surface area (Å²) < 4.78 is 18.7. The van der Waals surface area contributed by atoms with Gasteiger partial charge in [-0.1, -0.05) is 11.6 Å². The molecule has 0 bridgehead atoms. The molecule has 116 valence electrons. The van der Waals surface area contributed by atoms with Gasteiger partial charge in [0.15, 0.2) is 0 Å². The van der Waals surface area contributed by atoms with Gasteiger partial charge in [-0.3, -0.25) is 4.79 Å². The lowest BCUT2D eigenvalue weighted by atomic mass is 10.2. The number of hydrogen-bond donors (Lipinski definition) is 1. The zero-order chi connectivity index (χ0) is 16.3. The molecule has 0 saturated heterocycles. The maximum atomic E-state index is 13.1. The zero-order valence-electron chi connectivity index (χ0n) is 12.5. The van der Waals surface area contributed by atoms with Crippen LogP contribution in [0.25, 0.3) is 0 Å². The van der Waals surface area contributed by atoms with E-state index in [-0.39, 0.29) is 28.6 Å². The number of aromatic nitrogens is 1. The van der Waals surface area contributed by atoms with Gasteiger partial charge in [-0.2, -0.15) is 0 Å². The Kier molecular flexibility index (Phi) is 4.98. The quantitative estimate of drug-likeness (QED) is 0.921. The number of carbonyl (C=O) groups is 1. The van der Waals surface area contributed by atoms with Crippen molar-refractivity contribution in [2.24, 2.45) is 0 Å². The Labute approximate surface area is 133 Å². The highest BCUT2D eigenvalue weighted by Gasteiger charge is 2.17. The number of rotatable bonds is 4. The minimum atomic E-state index is -0.466. The lowest BCUT2D eigenvalue weighted by Gasteiger charge is -2.13. The van der Waals surface area contributed by atoms with Gasteiger partial charge in [-0.05, 0) is 50.6 Å². The molecule has 22 heavy (non-hydrogen) atoms. The molecule has 2 aromatic rings. The molecule has 0 aliphatic heterocycles. The summed E-state index contributed by atoms with van der Waals surface area (Å²) in [7, 11) is 0. The van der Waals surface area contributed by atoms with Gasteiger partial charge in [0.2, 0.25) is 5.88 Å². The molecule has 1 aromatic heterocycles. The zero-order valence-corrected chi connectivity index (χ0v) is 13.2. The molecule has 0 atom stereocenters. The summed E-state index contributed by atoms with van der Waals surface area (Å²) in [6, 6.07) is 5.42. The van der Waals surface area contributed by atoms with Crippen LogP contribution in [0.2, 0.25) is 5.02 Å². The number of nitrogens with zero attached hydrogens (tertiary/aromatic N) is 1. The molecule has 1 heterocycles. The maximum absolute atomic E-state index is 13.1. The summed E-state index contributed by atoms with van der Waals surface area (Å²) in [6.45, 7) is 5.55. The van der Waals surface area contributed by atoms with Crippen LogP contribution in [0.3, 0.4) is 0 Å². The predicted octanol–water partition coefficient (Wildman–Crippen LogP) is 4.11. The number of hydrogen-bond acceptors (Lipinski definition) is 3. The summed E-state index contributed by atoms with van der Waals surface area (Å²) >= 11 is 5.93. The van der Waals surface area contributed by atoms with Crippen LogP contribution >= 0.6 is 11.6 Å². The number of pyridine rings is 1. The van der Waals surface area contributed by atoms with E-state index >= 15 is 0 Å². The van der Waals surface area contributed by atoms with Crippen molar-refractivity contribution in [3.8, 4) is 11.6 Å². The molecular formula is C16H16ClFN2O2. The Balaban J connectivity index is 2.36. The minimum absolute atomic E-state index is 0.0183. The monoisotopic (exact) mass is 322 g/mol. The third kappa shape index (κ3) is 3.95. The molecule has 2 rings (SSSR count). The van der Waals surface area contributed by atoms with Crippen LogP contribution in [0.4, 0.5) is 4.39 Å². The Hall–Kier alpha value is -2.14. The van der Waals surface area contributed by atoms with E-state index in [0.717, 1.165) is 11.6 Å². The highest BCUT2D eigenvalue weighted by atomic mass is 35.5. The molecule has 0 aliphatic carbocycles. The van der Waals surface area contributed by atoms with E-state index in [9.17, 15) is 9.18 Å². The Bertz CT molecular complexity index is 705. The molecule has 0 aliphatic rings. The summed E-state index contributed by atoms with van der Waals surface area (Å²) in [6.07, 6.45) is 1.58. The van der Waals surface area contributed by atoms with Gasteiger partial charge in [0, 0.05) is 12.2 Å². The summed E-state index contributed by atoms with van der Waals surface area (Å²) in [5.41, 5.74) is 1.13. The van der Waals surface area contributed by atoms with Crippen LogP contribution in [-0.2, 0) is 0 Å². The molecule has 0 spiro atoms. The predicted molar refractivity (Wildman–Crippen MR) is 83.1 cm³/mol. The van der Waals surface area contributed by atoms with Crippen molar-refractivity contribution >= 4 is 17.5 Å². The van der Waals surface area contributed by atoms with Crippen LogP contribution in [0.5, 0.6) is 11.6 Å². The maximum Gasteiger partial charge on any atom is 0.256 e. The number of amides is 1. The smallest absolute Gasteiger partial charge is 0.256 e. The molecule has 0 unspecified atom stereocenters. The fourth-order valence-corrected chi connectivity index (χ4v) is 2.01. The van der Waals surface area contributed by atoms with Crippen LogP contribution in [0.15, 0.2) is 30.5 Å². The number of aryl methyl sites for hydroxylation is 1. The Morgan fingerprint density at radius 3 is 2.73 bits per heavy atom. The molecule has 1 aromatic carbocycles. The fourth-order valence-electron chi connectivity index (χ4n) is 1.80. The molecule has 0 saturated carbocycles. The van der Waals surface area contributed by atoms with Crippen molar-refractivity contribution in [1.29, 1.82) is 0 Å². The van der Waals surface area contributed by atoms with E-state index in [2.05, 4.69) is 10.3 Å². The molecule has 6 heteroatoms. The highest BCUT2D eigenvalue weighted by molar-refractivity contribution is 6.32. The van der Waals surface area contributed by atoms with Gasteiger partial charge in [-0.25, -0.2) is 9.37 Å². The van der Waals surface area contributed by atoms with E-state index in [0.29, 0.717) is 5.56 Å². The molecule has 4 nitrogen and oxygen atoms in total. The van der Waals surface area contributed by atoms with Crippen molar-refractivity contribution in [3.05, 3.63) is 52.4 Å². The van der Waals surface area contributed by atoms with Gasteiger partial charge < -0.3 is 10.1 Å². The first-order valence-corrected chi connectivity index (χ1v) is 7.15. The lowest BCUT2D eigenvalue weighted by molar-refractivity contribution is 0.0940. The molecule has 0 fully saturated rings. The van der Waals surface area contributed by atoms with Crippen molar-refractivity contribution in [2.45, 2.75) is 26.8 Å². The van der Waals surface area contributed by atoms with Gasteiger partial charge in [0.25, 0.3) is 5.91 Å². The topological polar surface area (TPSA) is 51.2 Å². The summed E-state index contributed by atoms with van der Waals surface area (Å²) in [5, 5.41) is 2.89. The summed E-state index contributed by atoms with van der Waals surface area (Å²) in [4.78, 5) is 16.4. The Morgan fingerprint density at radius 1 is 1.36 bits per heavy atom. The van der Waals surface area contributed by atoms with E-state index in [1.165, 1.54) is 12.1 Å². The first-order chi connectivity index (χ1) is 10.4. The number of carbonyl (C=O) groups excluding carboxylic acids is 1. The lowest BCUT2D eigenvalue weighted by Crippen LogP contribution is -2.30. The second-order valence-corrected chi connectivity index (χ2v) is 5.58. The van der Waals surface area contributed by atoms with E-state index in [1.807, 2.05) is 20.8 Å². The van der Waals surface area contributed by atoms with E-state index in [4.69, 9.17) is 16.3 Å². The molecule has 0 radical (unpaired) electrons. The van der Waals surface area contributed by atoms with Gasteiger partial charge >= 0.3 is 0 Å². The second-order valence-electron chi connectivity index (χ2n) is 5.17. The van der Waals surface area contributed by atoms with Crippen LogP contribution in [-0.4, -0.2) is 16.9 Å². The number of nitrogens with one attached hydrogen (secondary N) is 1. The average Bonchev–Trinajstić information content (AvgIpc) is 2.42. The molecule has 1 amide bonds. The standard InChI is InChI=1S/C16H16ClFN2O2/c1-9(2)20-15(21)12-6-10(3)8-19-16(12)22-14-5-4-11(18)7-13(14)17/h4-9H,1-3H3,(H,20,21). The van der Waals surface area contributed by atoms with Crippen molar-refractivity contribution < 1.29 is 13.9 Å². The van der Waals surface area contributed by atoms with Crippen molar-refractivity contribution in [1.82, 2.24) is 10.3 Å². The first kappa shape index (κ1) is 16.2. The summed E-state index contributed by atoms with van der Waals surface area (Å²) in [5.74, 6) is -0.401. The largest absolute Gasteiger partial charge is 0.437 e. The number of benzene rings is 1. The van der Waals surface area contributed by atoms with Crippen molar-refractivity contribution in [3.63, 3.8) is 0 Å². The number of ether oxygens (including phenoxy) is 1. The minimum Gasteiger partial charge on any atom is -0.437 e. The highest BCUT2D eigenvalue weighted by Crippen LogP contribution is 2.30. The van der Waals surface area contributed by atoms with Gasteiger partial charge in [0.1, 0.15) is 17.1 Å². The third-order valence-corrected chi connectivity index (χ3v) is 3.05. The van der Waals surface area contributed by atoms with Crippen LogP contribution in [0.1, 0.15) is 29.8 Å². The average molecular weight is 323 g/mol. The molecular weight excluding hydrogens is 307 g/mol. The van der Waals surface area contributed by atoms with Gasteiger partial charge in [-0.15, -0.1) is 0 Å². The van der Waals surface area contributed by atoms with E-state index in [1.54, 1.807) is 12.3 Å². The Morgan fingerprint density at radius 2 is 2.09 bits per heavy atom. The van der Waals surface area contributed by atoms with Crippen LogP contribution < -0.4 is 10.1 Å².